The zero-order chi connectivity index (χ0) is 19.3. The predicted octanol–water partition coefficient (Wildman–Crippen LogP) is 0.535. The number of nitrogens with zero attached hydrogens (tertiary/aromatic N) is 2. The summed E-state index contributed by atoms with van der Waals surface area (Å²) in [5.74, 6) is 0.456. The van der Waals surface area contributed by atoms with Crippen LogP contribution in [-0.2, 0) is 14.8 Å². The minimum atomic E-state index is -3.81. The number of nitrogens with one attached hydrogen (secondary N) is 1. The van der Waals surface area contributed by atoms with Gasteiger partial charge in [-0.05, 0) is 45.1 Å². The predicted molar refractivity (Wildman–Crippen MR) is 98.0 cm³/mol. The van der Waals surface area contributed by atoms with E-state index in [1.807, 2.05) is 7.05 Å². The molecule has 0 spiro atoms. The second-order valence-corrected chi connectivity index (χ2v) is 8.47. The number of methoxy groups -OCH3 is 2. The SMILES string of the molecule is COc1ccc(S(=O)(=O)N(C)CC(=O)NC2CCN(C)CC2)cc1OC. The van der Waals surface area contributed by atoms with Crippen molar-refractivity contribution in [1.29, 1.82) is 0 Å². The molecule has 0 saturated carbocycles. The third kappa shape index (κ3) is 4.87. The van der Waals surface area contributed by atoms with E-state index in [0.717, 1.165) is 30.2 Å². The normalized spacial score (nSPS) is 16.5. The van der Waals surface area contributed by atoms with Crippen molar-refractivity contribution < 1.29 is 22.7 Å². The number of likely N-dealkylation sites (tertiary alicyclic amines) is 1. The van der Waals surface area contributed by atoms with E-state index >= 15 is 0 Å². The lowest BCUT2D eigenvalue weighted by molar-refractivity contribution is -0.122. The summed E-state index contributed by atoms with van der Waals surface area (Å²) >= 11 is 0. The average Bonchev–Trinajstić information content (AvgIpc) is 2.62. The maximum atomic E-state index is 12.7. The van der Waals surface area contributed by atoms with Gasteiger partial charge in [0.05, 0.1) is 25.7 Å². The number of rotatable bonds is 7. The first-order valence-electron chi connectivity index (χ1n) is 8.44. The molecule has 1 N–H and O–H groups in total. The van der Waals surface area contributed by atoms with Crippen molar-refractivity contribution >= 4 is 15.9 Å². The summed E-state index contributed by atoms with van der Waals surface area (Å²) in [7, 11) is 2.54. The summed E-state index contributed by atoms with van der Waals surface area (Å²) in [6, 6.07) is 4.44. The average molecular weight is 385 g/mol. The second kappa shape index (κ2) is 8.70. The highest BCUT2D eigenvalue weighted by molar-refractivity contribution is 7.89. The van der Waals surface area contributed by atoms with Crippen LogP contribution in [0.1, 0.15) is 12.8 Å². The lowest BCUT2D eigenvalue weighted by Crippen LogP contribution is -2.46. The lowest BCUT2D eigenvalue weighted by Gasteiger charge is -2.30. The van der Waals surface area contributed by atoms with Gasteiger partial charge in [-0.15, -0.1) is 0 Å². The maximum absolute atomic E-state index is 12.7. The molecule has 1 aromatic carbocycles. The van der Waals surface area contributed by atoms with E-state index in [0.29, 0.717) is 11.5 Å². The summed E-state index contributed by atoms with van der Waals surface area (Å²) in [6.45, 7) is 1.61. The van der Waals surface area contributed by atoms with Crippen molar-refractivity contribution in [2.45, 2.75) is 23.8 Å². The van der Waals surface area contributed by atoms with E-state index in [-0.39, 0.29) is 23.4 Å². The van der Waals surface area contributed by atoms with Crippen LogP contribution in [-0.4, -0.2) is 77.5 Å². The molecular formula is C17H27N3O5S. The molecule has 1 aliphatic rings. The van der Waals surface area contributed by atoms with Crippen LogP contribution in [0.5, 0.6) is 11.5 Å². The van der Waals surface area contributed by atoms with Gasteiger partial charge in [-0.1, -0.05) is 0 Å². The van der Waals surface area contributed by atoms with Gasteiger partial charge in [0.2, 0.25) is 15.9 Å². The molecule has 0 aromatic heterocycles. The summed E-state index contributed by atoms with van der Waals surface area (Å²) < 4.78 is 36.7. The number of sulfonamides is 1. The number of carbonyl (C=O) groups excluding carboxylic acids is 1. The molecule has 1 aliphatic heterocycles. The molecule has 0 radical (unpaired) electrons. The van der Waals surface area contributed by atoms with Gasteiger partial charge in [-0.3, -0.25) is 4.79 Å². The molecule has 9 heteroatoms. The fraction of sp³-hybridized carbons (Fsp3) is 0.588. The van der Waals surface area contributed by atoms with Gasteiger partial charge in [-0.2, -0.15) is 4.31 Å². The molecule has 1 aromatic rings. The monoisotopic (exact) mass is 385 g/mol. The fourth-order valence-electron chi connectivity index (χ4n) is 2.87. The summed E-state index contributed by atoms with van der Waals surface area (Å²) in [6.07, 6.45) is 1.74. The van der Waals surface area contributed by atoms with E-state index in [9.17, 15) is 13.2 Å². The van der Waals surface area contributed by atoms with Crippen LogP contribution in [0.25, 0.3) is 0 Å². The molecule has 1 heterocycles. The minimum absolute atomic E-state index is 0.0461. The van der Waals surface area contributed by atoms with Gasteiger partial charge in [0.15, 0.2) is 11.5 Å². The lowest BCUT2D eigenvalue weighted by atomic mass is 10.1. The Hall–Kier alpha value is -1.84. The molecule has 0 atom stereocenters. The van der Waals surface area contributed by atoms with Gasteiger partial charge in [-0.25, -0.2) is 8.42 Å². The van der Waals surface area contributed by atoms with Crippen molar-refractivity contribution in [1.82, 2.24) is 14.5 Å². The zero-order valence-electron chi connectivity index (χ0n) is 15.7. The number of hydrogen-bond acceptors (Lipinski definition) is 6. The quantitative estimate of drug-likeness (QED) is 0.737. The largest absolute Gasteiger partial charge is 0.493 e. The van der Waals surface area contributed by atoms with E-state index in [2.05, 4.69) is 10.2 Å². The third-order valence-corrected chi connectivity index (χ3v) is 6.31. The van der Waals surface area contributed by atoms with Crippen LogP contribution in [0.2, 0.25) is 0 Å². The Bertz CT molecular complexity index is 730. The molecule has 0 aliphatic carbocycles. The van der Waals surface area contributed by atoms with E-state index in [4.69, 9.17) is 9.47 Å². The molecule has 8 nitrogen and oxygen atoms in total. The number of carbonyl (C=O) groups is 1. The highest BCUT2D eigenvalue weighted by Gasteiger charge is 2.26. The number of amides is 1. The summed E-state index contributed by atoms with van der Waals surface area (Å²) in [5.41, 5.74) is 0. The molecule has 0 unspecified atom stereocenters. The molecule has 26 heavy (non-hydrogen) atoms. The highest BCUT2D eigenvalue weighted by Crippen LogP contribution is 2.30. The second-order valence-electron chi connectivity index (χ2n) is 6.42. The maximum Gasteiger partial charge on any atom is 0.243 e. The Morgan fingerprint density at radius 2 is 1.85 bits per heavy atom. The topological polar surface area (TPSA) is 88.2 Å². The highest BCUT2D eigenvalue weighted by atomic mass is 32.2. The minimum Gasteiger partial charge on any atom is -0.493 e. The molecule has 0 bridgehead atoms. The van der Waals surface area contributed by atoms with Crippen LogP contribution in [0.4, 0.5) is 0 Å². The van der Waals surface area contributed by atoms with Gasteiger partial charge < -0.3 is 19.7 Å². The number of likely N-dealkylation sites (N-methyl/N-ethyl adjacent to an activating group) is 1. The van der Waals surface area contributed by atoms with Crippen molar-refractivity contribution in [3.63, 3.8) is 0 Å². The van der Waals surface area contributed by atoms with Crippen molar-refractivity contribution in [2.24, 2.45) is 0 Å². The first-order valence-corrected chi connectivity index (χ1v) is 9.88. The van der Waals surface area contributed by atoms with Gasteiger partial charge in [0.1, 0.15) is 0 Å². The summed E-state index contributed by atoms with van der Waals surface area (Å²) in [4.78, 5) is 14.5. The first kappa shape index (κ1) is 20.5. The van der Waals surface area contributed by atoms with Crippen LogP contribution in [0.3, 0.4) is 0 Å². The molecule has 1 saturated heterocycles. The van der Waals surface area contributed by atoms with Crippen molar-refractivity contribution in [3.05, 3.63) is 18.2 Å². The fourth-order valence-corrected chi connectivity index (χ4v) is 4.01. The zero-order valence-corrected chi connectivity index (χ0v) is 16.5. The molecule has 2 rings (SSSR count). The Balaban J connectivity index is 2.03. The molecule has 1 amide bonds. The summed E-state index contributed by atoms with van der Waals surface area (Å²) in [5, 5.41) is 2.92. The number of hydrogen-bond donors (Lipinski definition) is 1. The molecule has 146 valence electrons. The Morgan fingerprint density at radius 3 is 2.42 bits per heavy atom. The standard InChI is InChI=1S/C17H27N3O5S/c1-19-9-7-13(8-10-19)18-17(21)12-20(2)26(22,23)14-5-6-15(24-3)16(11-14)25-4/h5-6,11,13H,7-10,12H2,1-4H3,(H,18,21). The first-order chi connectivity index (χ1) is 12.3. The van der Waals surface area contributed by atoms with E-state index in [1.165, 1.54) is 39.5 Å². The molecule has 1 fully saturated rings. The van der Waals surface area contributed by atoms with Crippen LogP contribution in [0, 0.1) is 0 Å². The van der Waals surface area contributed by atoms with Gasteiger partial charge >= 0.3 is 0 Å². The number of piperidine rings is 1. The molecular weight excluding hydrogens is 358 g/mol. The van der Waals surface area contributed by atoms with E-state index < -0.39 is 10.0 Å². The Labute approximate surface area is 155 Å². The number of benzene rings is 1. The number of ether oxygens (including phenoxy) is 2. The smallest absolute Gasteiger partial charge is 0.243 e. The Kier molecular flexibility index (Phi) is 6.85. The van der Waals surface area contributed by atoms with E-state index in [1.54, 1.807) is 0 Å². The third-order valence-electron chi connectivity index (χ3n) is 4.51. The van der Waals surface area contributed by atoms with Crippen LogP contribution >= 0.6 is 0 Å². The Morgan fingerprint density at radius 1 is 1.23 bits per heavy atom. The van der Waals surface area contributed by atoms with Crippen LogP contribution in [0.15, 0.2) is 23.1 Å². The van der Waals surface area contributed by atoms with Gasteiger partial charge in [0, 0.05) is 19.2 Å². The van der Waals surface area contributed by atoms with Gasteiger partial charge in [0.25, 0.3) is 0 Å². The van der Waals surface area contributed by atoms with Crippen molar-refractivity contribution in [2.75, 3.05) is 47.9 Å². The van der Waals surface area contributed by atoms with Crippen LogP contribution < -0.4 is 14.8 Å². The van der Waals surface area contributed by atoms with Crippen molar-refractivity contribution in [3.8, 4) is 11.5 Å².